The molecule has 8 heteroatoms. The third-order valence-electron chi connectivity index (χ3n) is 4.40. The fourth-order valence-corrected chi connectivity index (χ4v) is 2.67. The molecule has 1 atom stereocenters. The fraction of sp³-hybridized carbons (Fsp3) is 0.179. The summed E-state index contributed by atoms with van der Waals surface area (Å²) in [5.41, 5.74) is 8.00. The first-order valence-electron chi connectivity index (χ1n) is 10.5. The Labute approximate surface area is 211 Å². The molecule has 0 bridgehead atoms. The number of allylic oxidation sites excluding steroid dienone is 2. The number of carboxylic acids is 1. The third kappa shape index (κ3) is 14.0. The van der Waals surface area contributed by atoms with E-state index in [1.54, 1.807) is 60.7 Å². The number of aliphatic carboxylic acids is 1. The van der Waals surface area contributed by atoms with Crippen molar-refractivity contribution in [1.82, 2.24) is 0 Å². The van der Waals surface area contributed by atoms with E-state index in [1.165, 1.54) is 12.1 Å². The molecule has 0 amide bonds. The first-order valence-corrected chi connectivity index (χ1v) is 10.5. The van der Waals surface area contributed by atoms with Crippen molar-refractivity contribution < 1.29 is 35.4 Å². The standard InChI is InChI=1S/C9H11NO3.2C9H10O2.CH4/c10-8(9(12)13)5-6-1-3-7(11)4-2-6;2*1-7(10)6-8-2-4-9(11)5-3-8;/h1-4,8,11H,5,10H2,(H,12,13);2*2-5,10-11H,1,6H2;1H4. The predicted octanol–water partition coefficient (Wildman–Crippen LogP) is 5.00. The number of aliphatic hydroxyl groups excluding tert-OH is 2. The zero-order valence-corrected chi connectivity index (χ0v) is 19.2. The van der Waals surface area contributed by atoms with Gasteiger partial charge in [-0.3, -0.25) is 4.79 Å². The summed E-state index contributed by atoms with van der Waals surface area (Å²) in [5, 5.41) is 52.9. The second-order valence-corrected chi connectivity index (χ2v) is 7.63. The maximum atomic E-state index is 10.4. The maximum absolute atomic E-state index is 10.4. The van der Waals surface area contributed by atoms with Crippen LogP contribution in [0.4, 0.5) is 0 Å². The van der Waals surface area contributed by atoms with Crippen LogP contribution in [0.25, 0.3) is 0 Å². The molecule has 0 aliphatic rings. The van der Waals surface area contributed by atoms with Crippen LogP contribution in [-0.2, 0) is 24.1 Å². The number of rotatable bonds is 7. The van der Waals surface area contributed by atoms with E-state index in [-0.39, 0.29) is 42.6 Å². The van der Waals surface area contributed by atoms with Gasteiger partial charge in [0.25, 0.3) is 0 Å². The molecule has 0 aliphatic heterocycles. The number of aliphatic hydroxyl groups is 2. The number of phenolic OH excluding ortho intramolecular Hbond substituents is 3. The van der Waals surface area contributed by atoms with Crippen LogP contribution in [0.2, 0.25) is 0 Å². The number of hydrogen-bond donors (Lipinski definition) is 7. The van der Waals surface area contributed by atoms with Crippen molar-refractivity contribution in [2.75, 3.05) is 0 Å². The van der Waals surface area contributed by atoms with Crippen molar-refractivity contribution in [2.45, 2.75) is 32.7 Å². The molecular formula is C28H35NO7. The summed E-state index contributed by atoms with van der Waals surface area (Å²) in [4.78, 5) is 10.4. The molecule has 194 valence electrons. The highest BCUT2D eigenvalue weighted by molar-refractivity contribution is 5.73. The maximum Gasteiger partial charge on any atom is 0.320 e. The van der Waals surface area contributed by atoms with E-state index in [1.807, 2.05) is 0 Å². The van der Waals surface area contributed by atoms with Gasteiger partial charge < -0.3 is 36.4 Å². The summed E-state index contributed by atoms with van der Waals surface area (Å²) in [6, 6.07) is 18.7. The van der Waals surface area contributed by atoms with Gasteiger partial charge in [-0.2, -0.15) is 0 Å². The van der Waals surface area contributed by atoms with E-state index in [9.17, 15) is 4.79 Å². The molecule has 1 unspecified atom stereocenters. The Morgan fingerprint density at radius 1 is 0.639 bits per heavy atom. The molecule has 3 aromatic rings. The van der Waals surface area contributed by atoms with Crippen molar-refractivity contribution in [3.63, 3.8) is 0 Å². The second kappa shape index (κ2) is 16.2. The van der Waals surface area contributed by atoms with Gasteiger partial charge in [-0.05, 0) is 59.5 Å². The second-order valence-electron chi connectivity index (χ2n) is 7.63. The Kier molecular flexibility index (Phi) is 14.2. The van der Waals surface area contributed by atoms with Gasteiger partial charge in [0.05, 0.1) is 11.5 Å². The molecule has 0 heterocycles. The Hall–Kier alpha value is -4.43. The van der Waals surface area contributed by atoms with Crippen molar-refractivity contribution in [3.8, 4) is 17.2 Å². The van der Waals surface area contributed by atoms with Gasteiger partial charge in [-0.15, -0.1) is 0 Å². The molecule has 8 nitrogen and oxygen atoms in total. The van der Waals surface area contributed by atoms with Gasteiger partial charge in [-0.25, -0.2) is 0 Å². The van der Waals surface area contributed by atoms with Crippen LogP contribution in [0.5, 0.6) is 17.2 Å². The highest BCUT2D eigenvalue weighted by Crippen LogP contribution is 2.13. The molecule has 0 fully saturated rings. The molecule has 3 rings (SSSR count). The SMILES string of the molecule is C.C=C(O)Cc1ccc(O)cc1.C=C(O)Cc1ccc(O)cc1.NC(Cc1ccc(O)cc1)C(=O)O. The van der Waals surface area contributed by atoms with Crippen molar-refractivity contribution in [2.24, 2.45) is 5.73 Å². The summed E-state index contributed by atoms with van der Waals surface area (Å²) in [7, 11) is 0. The minimum absolute atomic E-state index is 0. The lowest BCUT2D eigenvalue weighted by Gasteiger charge is -2.05. The normalized spacial score (nSPS) is 10.2. The first-order chi connectivity index (χ1) is 16.5. The fourth-order valence-electron chi connectivity index (χ4n) is 2.67. The zero-order valence-electron chi connectivity index (χ0n) is 19.2. The molecular weight excluding hydrogens is 462 g/mol. The highest BCUT2D eigenvalue weighted by Gasteiger charge is 2.11. The smallest absolute Gasteiger partial charge is 0.320 e. The minimum Gasteiger partial charge on any atom is -0.513 e. The molecule has 0 aromatic heterocycles. The lowest BCUT2D eigenvalue weighted by atomic mass is 10.1. The quantitative estimate of drug-likeness (QED) is 0.224. The summed E-state index contributed by atoms with van der Waals surface area (Å²) in [6.07, 6.45) is 1.16. The van der Waals surface area contributed by atoms with Gasteiger partial charge in [0.1, 0.15) is 23.3 Å². The monoisotopic (exact) mass is 497 g/mol. The molecule has 0 radical (unpaired) electrons. The lowest BCUT2D eigenvalue weighted by molar-refractivity contribution is -0.138. The molecule has 0 spiro atoms. The van der Waals surface area contributed by atoms with E-state index < -0.39 is 12.0 Å². The van der Waals surface area contributed by atoms with Crippen LogP contribution < -0.4 is 5.73 Å². The Morgan fingerprint density at radius 2 is 0.917 bits per heavy atom. The van der Waals surface area contributed by atoms with E-state index in [0.717, 1.165) is 16.7 Å². The molecule has 0 aliphatic carbocycles. The average Bonchev–Trinajstić information content (AvgIpc) is 2.79. The number of benzene rings is 3. The van der Waals surface area contributed by atoms with Crippen LogP contribution >= 0.6 is 0 Å². The Bertz CT molecular complexity index is 1020. The Balaban J connectivity index is 0.000000506. The number of phenols is 3. The van der Waals surface area contributed by atoms with Crippen LogP contribution in [0.3, 0.4) is 0 Å². The highest BCUT2D eigenvalue weighted by atomic mass is 16.4. The molecule has 0 saturated carbocycles. The van der Waals surface area contributed by atoms with Gasteiger partial charge in [0.15, 0.2) is 0 Å². The van der Waals surface area contributed by atoms with Gasteiger partial charge in [0, 0.05) is 12.8 Å². The van der Waals surface area contributed by atoms with Gasteiger partial charge >= 0.3 is 5.97 Å². The molecule has 36 heavy (non-hydrogen) atoms. The number of carbonyl (C=O) groups is 1. The lowest BCUT2D eigenvalue weighted by Crippen LogP contribution is -2.32. The zero-order chi connectivity index (χ0) is 26.4. The molecule has 8 N–H and O–H groups in total. The van der Waals surface area contributed by atoms with Crippen LogP contribution in [0, 0.1) is 0 Å². The van der Waals surface area contributed by atoms with E-state index in [0.29, 0.717) is 12.8 Å². The van der Waals surface area contributed by atoms with Crippen molar-refractivity contribution in [3.05, 3.63) is 114 Å². The minimum atomic E-state index is -1.02. The van der Waals surface area contributed by atoms with E-state index in [2.05, 4.69) is 13.2 Å². The van der Waals surface area contributed by atoms with Crippen LogP contribution in [0.1, 0.15) is 24.1 Å². The topological polar surface area (TPSA) is 164 Å². The number of aromatic hydroxyl groups is 3. The number of carboxylic acid groups (broad SMARTS) is 1. The van der Waals surface area contributed by atoms with Crippen molar-refractivity contribution >= 4 is 5.97 Å². The first kappa shape index (κ1) is 31.6. The summed E-state index contributed by atoms with van der Waals surface area (Å²) in [6.45, 7) is 6.73. The van der Waals surface area contributed by atoms with E-state index in [4.69, 9.17) is 36.4 Å². The largest absolute Gasteiger partial charge is 0.513 e. The van der Waals surface area contributed by atoms with Gasteiger partial charge in [-0.1, -0.05) is 57.0 Å². The van der Waals surface area contributed by atoms with Crippen molar-refractivity contribution in [1.29, 1.82) is 0 Å². The third-order valence-corrected chi connectivity index (χ3v) is 4.40. The average molecular weight is 498 g/mol. The van der Waals surface area contributed by atoms with E-state index >= 15 is 0 Å². The predicted molar refractivity (Wildman–Crippen MR) is 141 cm³/mol. The van der Waals surface area contributed by atoms with Crippen LogP contribution in [-0.4, -0.2) is 42.7 Å². The summed E-state index contributed by atoms with van der Waals surface area (Å²) < 4.78 is 0. The number of nitrogens with two attached hydrogens (primary N) is 1. The number of hydrogen-bond acceptors (Lipinski definition) is 7. The van der Waals surface area contributed by atoms with Crippen LogP contribution in [0.15, 0.2) is 97.5 Å². The molecule has 3 aromatic carbocycles. The molecule has 0 saturated heterocycles. The Morgan fingerprint density at radius 3 is 1.17 bits per heavy atom. The summed E-state index contributed by atoms with van der Waals surface area (Å²) in [5.74, 6) is -0.123. The summed E-state index contributed by atoms with van der Waals surface area (Å²) >= 11 is 0. The van der Waals surface area contributed by atoms with Gasteiger partial charge in [0.2, 0.25) is 0 Å².